The third-order valence-corrected chi connectivity index (χ3v) is 2.95. The SMILES string of the molecule is O=C(O)c1cc(NCc2ccc(I)o2)c(F)cc1F. The minimum absolute atomic E-state index is 0.0924. The van der Waals surface area contributed by atoms with Gasteiger partial charge in [0.05, 0.1) is 17.8 Å². The Kier molecular flexibility index (Phi) is 4.03. The van der Waals surface area contributed by atoms with Crippen LogP contribution in [0.3, 0.4) is 0 Å². The molecule has 0 amide bonds. The average Bonchev–Trinajstić information content (AvgIpc) is 2.73. The number of hydrogen-bond acceptors (Lipinski definition) is 3. The molecule has 1 aromatic heterocycles. The Hall–Kier alpha value is -1.64. The lowest BCUT2D eigenvalue weighted by atomic mass is 10.1. The van der Waals surface area contributed by atoms with Crippen LogP contribution in [-0.2, 0) is 6.54 Å². The number of anilines is 1. The molecule has 2 aromatic rings. The van der Waals surface area contributed by atoms with Crippen molar-refractivity contribution in [2.75, 3.05) is 5.32 Å². The molecule has 0 atom stereocenters. The number of carbonyl (C=O) groups is 1. The lowest BCUT2D eigenvalue weighted by Crippen LogP contribution is -2.06. The summed E-state index contributed by atoms with van der Waals surface area (Å²) in [5.74, 6) is -2.86. The molecule has 100 valence electrons. The molecule has 0 aliphatic carbocycles. The second-order valence-electron chi connectivity index (χ2n) is 3.68. The Bertz CT molecular complexity index is 627. The van der Waals surface area contributed by atoms with Crippen molar-refractivity contribution in [2.45, 2.75) is 6.54 Å². The van der Waals surface area contributed by atoms with Crippen molar-refractivity contribution < 1.29 is 23.1 Å². The Labute approximate surface area is 120 Å². The summed E-state index contributed by atoms with van der Waals surface area (Å²) in [6, 6.07) is 4.90. The van der Waals surface area contributed by atoms with Gasteiger partial charge in [0.1, 0.15) is 17.4 Å². The number of halogens is 3. The predicted molar refractivity (Wildman–Crippen MR) is 72.1 cm³/mol. The molecular weight excluding hydrogens is 371 g/mol. The van der Waals surface area contributed by atoms with E-state index in [1.165, 1.54) is 0 Å². The zero-order chi connectivity index (χ0) is 14.0. The maximum atomic E-state index is 13.5. The van der Waals surface area contributed by atoms with Crippen molar-refractivity contribution in [2.24, 2.45) is 0 Å². The molecule has 0 radical (unpaired) electrons. The normalized spacial score (nSPS) is 10.5. The molecule has 0 bridgehead atoms. The van der Waals surface area contributed by atoms with Crippen LogP contribution in [0.15, 0.2) is 28.7 Å². The molecule has 0 saturated carbocycles. The fourth-order valence-corrected chi connectivity index (χ4v) is 1.94. The lowest BCUT2D eigenvalue weighted by Gasteiger charge is -2.07. The van der Waals surface area contributed by atoms with Crippen molar-refractivity contribution in [3.05, 3.63) is 51.0 Å². The van der Waals surface area contributed by atoms with Crippen molar-refractivity contribution in [3.63, 3.8) is 0 Å². The highest BCUT2D eigenvalue weighted by Gasteiger charge is 2.15. The highest BCUT2D eigenvalue weighted by Crippen LogP contribution is 2.21. The van der Waals surface area contributed by atoms with Gasteiger partial charge in [-0.2, -0.15) is 0 Å². The van der Waals surface area contributed by atoms with E-state index in [4.69, 9.17) is 9.52 Å². The highest BCUT2D eigenvalue weighted by molar-refractivity contribution is 14.1. The van der Waals surface area contributed by atoms with Crippen LogP contribution in [0.4, 0.5) is 14.5 Å². The van der Waals surface area contributed by atoms with E-state index in [2.05, 4.69) is 5.32 Å². The third-order valence-electron chi connectivity index (χ3n) is 2.37. The Balaban J connectivity index is 2.20. The number of nitrogens with one attached hydrogen (secondary N) is 1. The average molecular weight is 379 g/mol. The molecule has 1 aromatic carbocycles. The van der Waals surface area contributed by atoms with Crippen molar-refractivity contribution in [1.82, 2.24) is 0 Å². The van der Waals surface area contributed by atoms with Crippen LogP contribution in [0.1, 0.15) is 16.1 Å². The first-order valence-corrected chi connectivity index (χ1v) is 6.25. The monoisotopic (exact) mass is 379 g/mol. The van der Waals surface area contributed by atoms with Crippen LogP contribution in [0.25, 0.3) is 0 Å². The van der Waals surface area contributed by atoms with E-state index in [9.17, 15) is 13.6 Å². The van der Waals surface area contributed by atoms with Crippen LogP contribution in [0.5, 0.6) is 0 Å². The van der Waals surface area contributed by atoms with Crippen LogP contribution < -0.4 is 5.32 Å². The van der Waals surface area contributed by atoms with E-state index in [0.29, 0.717) is 15.6 Å². The van der Waals surface area contributed by atoms with Gasteiger partial charge in [0.15, 0.2) is 3.77 Å². The number of hydrogen-bond donors (Lipinski definition) is 2. The first kappa shape index (κ1) is 13.8. The summed E-state index contributed by atoms with van der Waals surface area (Å²) in [5.41, 5.74) is -0.678. The molecule has 0 fully saturated rings. The van der Waals surface area contributed by atoms with Gasteiger partial charge in [0, 0.05) is 6.07 Å². The van der Waals surface area contributed by atoms with Crippen LogP contribution in [0.2, 0.25) is 0 Å². The van der Waals surface area contributed by atoms with Gasteiger partial charge in [-0.05, 0) is 40.8 Å². The topological polar surface area (TPSA) is 62.5 Å². The number of rotatable bonds is 4. The zero-order valence-corrected chi connectivity index (χ0v) is 11.6. The maximum absolute atomic E-state index is 13.5. The van der Waals surface area contributed by atoms with Crippen LogP contribution in [0, 0.1) is 15.4 Å². The molecule has 7 heteroatoms. The van der Waals surface area contributed by atoms with Crippen molar-refractivity contribution in [3.8, 4) is 0 Å². The van der Waals surface area contributed by atoms with Gasteiger partial charge in [-0.15, -0.1) is 0 Å². The number of aromatic carboxylic acids is 1. The molecule has 0 aliphatic heterocycles. The minimum atomic E-state index is -1.45. The lowest BCUT2D eigenvalue weighted by molar-refractivity contribution is 0.0692. The molecule has 0 aliphatic rings. The maximum Gasteiger partial charge on any atom is 0.338 e. The van der Waals surface area contributed by atoms with Gasteiger partial charge in [0.25, 0.3) is 0 Å². The van der Waals surface area contributed by atoms with E-state index in [0.717, 1.165) is 6.07 Å². The fraction of sp³-hybridized carbons (Fsp3) is 0.0833. The van der Waals surface area contributed by atoms with Crippen LogP contribution in [-0.4, -0.2) is 11.1 Å². The Morgan fingerprint density at radius 3 is 2.63 bits per heavy atom. The van der Waals surface area contributed by atoms with E-state index >= 15 is 0 Å². The van der Waals surface area contributed by atoms with Crippen molar-refractivity contribution >= 4 is 34.2 Å². The largest absolute Gasteiger partial charge is 0.478 e. The van der Waals surface area contributed by atoms with E-state index in [-0.39, 0.29) is 12.2 Å². The molecule has 0 saturated heterocycles. The summed E-state index contributed by atoms with van der Waals surface area (Å²) in [5, 5.41) is 11.4. The summed E-state index contributed by atoms with van der Waals surface area (Å²) < 4.78 is 32.6. The first-order chi connectivity index (χ1) is 8.97. The summed E-state index contributed by atoms with van der Waals surface area (Å²) in [6.45, 7) is 0.171. The first-order valence-electron chi connectivity index (χ1n) is 5.18. The highest BCUT2D eigenvalue weighted by atomic mass is 127. The molecule has 19 heavy (non-hydrogen) atoms. The molecule has 0 unspecified atom stereocenters. The molecule has 2 rings (SSSR count). The molecule has 4 nitrogen and oxygen atoms in total. The van der Waals surface area contributed by atoms with E-state index in [1.54, 1.807) is 12.1 Å². The molecule has 0 spiro atoms. The second kappa shape index (κ2) is 5.55. The van der Waals surface area contributed by atoms with E-state index in [1.807, 2.05) is 22.6 Å². The number of carboxylic acid groups (broad SMARTS) is 1. The molecule has 1 heterocycles. The number of furan rings is 1. The number of benzene rings is 1. The Morgan fingerprint density at radius 2 is 2.05 bits per heavy atom. The van der Waals surface area contributed by atoms with Gasteiger partial charge in [0.2, 0.25) is 0 Å². The summed E-state index contributed by atoms with van der Waals surface area (Å²) in [6.07, 6.45) is 0. The zero-order valence-electron chi connectivity index (χ0n) is 9.41. The van der Waals surface area contributed by atoms with E-state index < -0.39 is 23.2 Å². The van der Waals surface area contributed by atoms with Crippen LogP contribution >= 0.6 is 22.6 Å². The smallest absolute Gasteiger partial charge is 0.338 e. The fourth-order valence-electron chi connectivity index (χ4n) is 1.48. The number of carboxylic acids is 1. The Morgan fingerprint density at radius 1 is 1.32 bits per heavy atom. The van der Waals surface area contributed by atoms with Gasteiger partial charge < -0.3 is 14.8 Å². The van der Waals surface area contributed by atoms with Gasteiger partial charge >= 0.3 is 5.97 Å². The van der Waals surface area contributed by atoms with Gasteiger partial charge in [-0.3, -0.25) is 0 Å². The predicted octanol–water partition coefficient (Wildman–Crippen LogP) is 3.47. The van der Waals surface area contributed by atoms with Crippen molar-refractivity contribution in [1.29, 1.82) is 0 Å². The quantitative estimate of drug-likeness (QED) is 0.799. The summed E-state index contributed by atoms with van der Waals surface area (Å²) in [7, 11) is 0. The third kappa shape index (κ3) is 3.22. The molecular formula is C12H8F2INO3. The van der Waals surface area contributed by atoms with Gasteiger partial charge in [-0.1, -0.05) is 0 Å². The second-order valence-corrected chi connectivity index (χ2v) is 4.74. The molecule has 2 N–H and O–H groups in total. The standard InChI is InChI=1S/C12H8F2INO3/c13-8-4-9(14)10(3-7(8)12(17)18)16-5-6-1-2-11(15)19-6/h1-4,16H,5H2,(H,17,18). The van der Waals surface area contributed by atoms with Gasteiger partial charge in [-0.25, -0.2) is 13.6 Å². The minimum Gasteiger partial charge on any atom is -0.478 e. The summed E-state index contributed by atoms with van der Waals surface area (Å²) in [4.78, 5) is 10.8. The summed E-state index contributed by atoms with van der Waals surface area (Å²) >= 11 is 1.98.